The molecule has 0 spiro atoms. The minimum absolute atomic E-state index is 0. The average Bonchev–Trinajstić information content (AvgIpc) is 2.48. The molecule has 2 aromatic carbocycles. The first-order chi connectivity index (χ1) is 10.4. The molecule has 124 valence electrons. The number of nitrogens with two attached hydrogens (primary N) is 1. The predicted molar refractivity (Wildman–Crippen MR) is 97.2 cm³/mol. The van der Waals surface area contributed by atoms with Crippen molar-refractivity contribution >= 4 is 29.7 Å². The molecule has 0 fully saturated rings. The van der Waals surface area contributed by atoms with E-state index < -0.39 is 5.41 Å². The largest absolute Gasteiger partial charge is 0.495 e. The lowest BCUT2D eigenvalue weighted by atomic mass is 9.84. The van der Waals surface area contributed by atoms with Crippen molar-refractivity contribution in [3.63, 3.8) is 0 Å². The molecule has 0 aliphatic carbocycles. The molecule has 0 atom stereocenters. The molecule has 0 aliphatic rings. The first-order valence-corrected chi connectivity index (χ1v) is 7.21. The Labute approximate surface area is 143 Å². The van der Waals surface area contributed by atoms with Crippen LogP contribution in [0.5, 0.6) is 5.75 Å². The number of nitrogens with one attached hydrogen (secondary N) is 1. The van der Waals surface area contributed by atoms with E-state index in [0.29, 0.717) is 23.5 Å². The number of hydrogen-bond donors (Lipinski definition) is 2. The van der Waals surface area contributed by atoms with E-state index in [1.807, 2.05) is 44.2 Å². The van der Waals surface area contributed by atoms with E-state index in [1.54, 1.807) is 25.3 Å². The fourth-order valence-corrected chi connectivity index (χ4v) is 2.30. The number of hydrogen-bond acceptors (Lipinski definition) is 3. The van der Waals surface area contributed by atoms with Gasteiger partial charge in [-0.15, -0.1) is 12.4 Å². The lowest BCUT2D eigenvalue weighted by molar-refractivity contribution is -0.123. The fraction of sp³-hybridized carbons (Fsp3) is 0.278. The Morgan fingerprint density at radius 2 is 1.83 bits per heavy atom. The minimum atomic E-state index is -0.518. The maximum atomic E-state index is 12.5. The van der Waals surface area contributed by atoms with Crippen LogP contribution in [0.15, 0.2) is 48.5 Å². The standard InChI is InChI=1S/C18H22N2O2.ClH/c1-18(2,12-13-7-5-4-6-8-13)17(21)20-14-9-10-16(22-3)15(19)11-14;/h4-11H,12,19H2,1-3H3,(H,20,21);1H. The Bertz CT molecular complexity index is 657. The molecule has 0 aliphatic heterocycles. The van der Waals surface area contributed by atoms with Crippen LogP contribution in [0.4, 0.5) is 11.4 Å². The molecule has 0 radical (unpaired) electrons. The highest BCUT2D eigenvalue weighted by Crippen LogP contribution is 2.27. The SMILES string of the molecule is COc1ccc(NC(=O)C(C)(C)Cc2ccccc2)cc1N.Cl. The van der Waals surface area contributed by atoms with Crippen LogP contribution in [0.3, 0.4) is 0 Å². The van der Waals surface area contributed by atoms with Crippen molar-refractivity contribution in [1.29, 1.82) is 0 Å². The zero-order chi connectivity index (χ0) is 16.2. The number of ether oxygens (including phenoxy) is 1. The summed E-state index contributed by atoms with van der Waals surface area (Å²) in [7, 11) is 1.56. The van der Waals surface area contributed by atoms with Crippen molar-refractivity contribution in [1.82, 2.24) is 0 Å². The number of amides is 1. The fourth-order valence-electron chi connectivity index (χ4n) is 2.30. The number of benzene rings is 2. The molecule has 0 saturated carbocycles. The van der Waals surface area contributed by atoms with Crippen LogP contribution in [0.25, 0.3) is 0 Å². The van der Waals surface area contributed by atoms with Crippen molar-refractivity contribution in [2.45, 2.75) is 20.3 Å². The van der Waals surface area contributed by atoms with Gasteiger partial charge in [0.15, 0.2) is 0 Å². The highest BCUT2D eigenvalue weighted by Gasteiger charge is 2.28. The van der Waals surface area contributed by atoms with Crippen LogP contribution in [-0.2, 0) is 11.2 Å². The second-order valence-electron chi connectivity index (χ2n) is 5.96. The van der Waals surface area contributed by atoms with Gasteiger partial charge in [-0.2, -0.15) is 0 Å². The van der Waals surface area contributed by atoms with E-state index in [4.69, 9.17) is 10.5 Å². The summed E-state index contributed by atoms with van der Waals surface area (Å²) in [5.74, 6) is 0.558. The lowest BCUT2D eigenvalue weighted by Crippen LogP contribution is -2.32. The second-order valence-corrected chi connectivity index (χ2v) is 5.96. The van der Waals surface area contributed by atoms with Gasteiger partial charge in [0.1, 0.15) is 5.75 Å². The molecule has 1 amide bonds. The van der Waals surface area contributed by atoms with Crippen molar-refractivity contribution in [2.75, 3.05) is 18.2 Å². The van der Waals surface area contributed by atoms with Crippen molar-refractivity contribution in [3.05, 3.63) is 54.1 Å². The number of methoxy groups -OCH3 is 1. The van der Waals surface area contributed by atoms with E-state index in [1.165, 1.54) is 0 Å². The summed E-state index contributed by atoms with van der Waals surface area (Å²) < 4.78 is 5.11. The molecular formula is C18H23ClN2O2. The summed E-state index contributed by atoms with van der Waals surface area (Å²) >= 11 is 0. The molecular weight excluding hydrogens is 312 g/mol. The third kappa shape index (κ3) is 4.89. The average molecular weight is 335 g/mol. The van der Waals surface area contributed by atoms with Gasteiger partial charge in [0.25, 0.3) is 0 Å². The van der Waals surface area contributed by atoms with Crippen molar-refractivity contribution in [3.8, 4) is 5.75 Å². The number of halogens is 1. The summed E-state index contributed by atoms with van der Waals surface area (Å²) in [4.78, 5) is 12.5. The Kier molecular flexibility index (Phi) is 6.46. The zero-order valence-electron chi connectivity index (χ0n) is 13.6. The summed E-state index contributed by atoms with van der Waals surface area (Å²) in [5.41, 5.74) is 7.65. The highest BCUT2D eigenvalue weighted by molar-refractivity contribution is 5.95. The minimum Gasteiger partial charge on any atom is -0.495 e. The second kappa shape index (κ2) is 7.88. The molecule has 0 unspecified atom stereocenters. The molecule has 2 aromatic rings. The quantitative estimate of drug-likeness (QED) is 0.815. The van der Waals surface area contributed by atoms with Crippen LogP contribution >= 0.6 is 12.4 Å². The Morgan fingerprint density at radius 3 is 2.39 bits per heavy atom. The number of rotatable bonds is 5. The monoisotopic (exact) mass is 334 g/mol. The van der Waals surface area contributed by atoms with Gasteiger partial charge in [-0.25, -0.2) is 0 Å². The molecule has 5 heteroatoms. The molecule has 2 rings (SSSR count). The number of anilines is 2. The van der Waals surface area contributed by atoms with Crippen molar-refractivity contribution in [2.24, 2.45) is 5.41 Å². The van der Waals surface area contributed by atoms with E-state index in [-0.39, 0.29) is 18.3 Å². The van der Waals surface area contributed by atoms with Crippen LogP contribution in [-0.4, -0.2) is 13.0 Å². The normalized spacial score (nSPS) is 10.6. The first kappa shape index (κ1) is 18.8. The molecule has 3 N–H and O–H groups in total. The maximum absolute atomic E-state index is 12.5. The van der Waals surface area contributed by atoms with Gasteiger partial charge in [-0.1, -0.05) is 44.2 Å². The van der Waals surface area contributed by atoms with Crippen LogP contribution in [0.1, 0.15) is 19.4 Å². The third-order valence-corrected chi connectivity index (χ3v) is 3.59. The molecule has 0 bridgehead atoms. The summed E-state index contributed by atoms with van der Waals surface area (Å²) in [6.07, 6.45) is 0.672. The first-order valence-electron chi connectivity index (χ1n) is 7.21. The van der Waals surface area contributed by atoms with Gasteiger partial charge in [0, 0.05) is 11.1 Å². The zero-order valence-corrected chi connectivity index (χ0v) is 14.4. The van der Waals surface area contributed by atoms with Gasteiger partial charge in [0.05, 0.1) is 12.8 Å². The number of carbonyl (C=O) groups excluding carboxylic acids is 1. The maximum Gasteiger partial charge on any atom is 0.230 e. The Morgan fingerprint density at radius 1 is 1.17 bits per heavy atom. The lowest BCUT2D eigenvalue weighted by Gasteiger charge is -2.24. The molecule has 0 aromatic heterocycles. The number of carbonyl (C=O) groups is 1. The van der Waals surface area contributed by atoms with Gasteiger partial charge in [0.2, 0.25) is 5.91 Å². The van der Waals surface area contributed by atoms with Crippen LogP contribution < -0.4 is 15.8 Å². The van der Waals surface area contributed by atoms with Gasteiger partial charge in [-0.3, -0.25) is 4.79 Å². The van der Waals surface area contributed by atoms with E-state index in [9.17, 15) is 4.79 Å². The molecule has 23 heavy (non-hydrogen) atoms. The molecule has 4 nitrogen and oxygen atoms in total. The predicted octanol–water partition coefficient (Wildman–Crippen LogP) is 3.91. The summed E-state index contributed by atoms with van der Waals surface area (Å²) in [5, 5.41) is 2.92. The smallest absolute Gasteiger partial charge is 0.230 e. The van der Waals surface area contributed by atoms with Crippen LogP contribution in [0.2, 0.25) is 0 Å². The Balaban J connectivity index is 0.00000264. The van der Waals surface area contributed by atoms with Gasteiger partial charge < -0.3 is 15.8 Å². The third-order valence-electron chi connectivity index (χ3n) is 3.59. The van der Waals surface area contributed by atoms with Gasteiger partial charge >= 0.3 is 0 Å². The molecule has 0 heterocycles. The summed E-state index contributed by atoms with van der Waals surface area (Å²) in [6, 6.07) is 15.2. The van der Waals surface area contributed by atoms with Crippen molar-refractivity contribution < 1.29 is 9.53 Å². The topological polar surface area (TPSA) is 64.3 Å². The van der Waals surface area contributed by atoms with E-state index in [2.05, 4.69) is 5.32 Å². The van der Waals surface area contributed by atoms with Gasteiger partial charge in [-0.05, 0) is 30.2 Å². The summed E-state index contributed by atoms with van der Waals surface area (Å²) in [6.45, 7) is 3.87. The van der Waals surface area contributed by atoms with E-state index >= 15 is 0 Å². The van der Waals surface area contributed by atoms with E-state index in [0.717, 1.165) is 5.56 Å². The van der Waals surface area contributed by atoms with Crippen LogP contribution in [0, 0.1) is 5.41 Å². The molecule has 0 saturated heterocycles. The highest BCUT2D eigenvalue weighted by atomic mass is 35.5. The number of nitrogen functional groups attached to an aromatic ring is 1. The Hall–Kier alpha value is -2.20.